The fourth-order valence-electron chi connectivity index (χ4n) is 3.03. The van der Waals surface area contributed by atoms with Gasteiger partial charge in [0.25, 0.3) is 0 Å². The Labute approximate surface area is 152 Å². The van der Waals surface area contributed by atoms with Crippen molar-refractivity contribution in [3.8, 4) is 0 Å². The van der Waals surface area contributed by atoms with Gasteiger partial charge in [-0.15, -0.1) is 0 Å². The summed E-state index contributed by atoms with van der Waals surface area (Å²) in [5.41, 5.74) is 8.28. The van der Waals surface area contributed by atoms with Crippen molar-refractivity contribution >= 4 is 17.3 Å². The molecular formula is C20H24FN3O2. The van der Waals surface area contributed by atoms with Gasteiger partial charge < -0.3 is 20.7 Å². The highest BCUT2D eigenvalue weighted by Crippen LogP contribution is 2.25. The van der Waals surface area contributed by atoms with Crippen LogP contribution in [-0.2, 0) is 9.53 Å². The first-order valence-corrected chi connectivity index (χ1v) is 8.79. The molecule has 26 heavy (non-hydrogen) atoms. The standard InChI is InChI=1S/C20H24FN3O2/c1-14(19(22)15-5-3-2-4-6-15)20(25)23-17-11-16(21)12-18(13-17)24-7-9-26-10-8-24/h2-6,11-14,19H,7-10,22H2,1H3,(H,23,25). The molecule has 1 heterocycles. The summed E-state index contributed by atoms with van der Waals surface area (Å²) in [5, 5.41) is 2.80. The molecule has 0 aliphatic carbocycles. The predicted molar refractivity (Wildman–Crippen MR) is 101 cm³/mol. The van der Waals surface area contributed by atoms with E-state index in [-0.39, 0.29) is 11.7 Å². The summed E-state index contributed by atoms with van der Waals surface area (Å²) in [5.74, 6) is -1.07. The summed E-state index contributed by atoms with van der Waals surface area (Å²) in [6, 6.07) is 13.6. The number of morpholine rings is 1. The number of anilines is 2. The second-order valence-corrected chi connectivity index (χ2v) is 6.51. The van der Waals surface area contributed by atoms with Crippen LogP contribution < -0.4 is 16.0 Å². The third kappa shape index (κ3) is 4.39. The monoisotopic (exact) mass is 357 g/mol. The minimum absolute atomic E-state index is 0.236. The van der Waals surface area contributed by atoms with E-state index in [0.717, 1.165) is 11.3 Å². The first-order valence-electron chi connectivity index (χ1n) is 8.79. The van der Waals surface area contributed by atoms with E-state index in [2.05, 4.69) is 5.32 Å². The minimum atomic E-state index is -0.451. The van der Waals surface area contributed by atoms with Crippen LogP contribution in [0.1, 0.15) is 18.5 Å². The molecule has 1 aliphatic heterocycles. The zero-order valence-corrected chi connectivity index (χ0v) is 14.8. The minimum Gasteiger partial charge on any atom is -0.378 e. The Bertz CT molecular complexity index is 748. The molecule has 1 aliphatic rings. The number of rotatable bonds is 5. The van der Waals surface area contributed by atoms with Crippen molar-refractivity contribution in [2.24, 2.45) is 11.7 Å². The maximum absolute atomic E-state index is 14.0. The van der Waals surface area contributed by atoms with Gasteiger partial charge in [-0.05, 0) is 23.8 Å². The lowest BCUT2D eigenvalue weighted by atomic mass is 9.94. The molecule has 1 saturated heterocycles. The Morgan fingerprint density at radius 1 is 1.19 bits per heavy atom. The van der Waals surface area contributed by atoms with Crippen molar-refractivity contribution in [1.29, 1.82) is 0 Å². The summed E-state index contributed by atoms with van der Waals surface area (Å²) >= 11 is 0. The molecule has 3 rings (SSSR count). The Morgan fingerprint density at radius 2 is 1.88 bits per heavy atom. The Hall–Kier alpha value is -2.44. The van der Waals surface area contributed by atoms with Crippen molar-refractivity contribution in [2.75, 3.05) is 36.5 Å². The normalized spacial score (nSPS) is 16.8. The highest BCUT2D eigenvalue weighted by Gasteiger charge is 2.23. The third-order valence-electron chi connectivity index (χ3n) is 4.66. The molecule has 2 aromatic carbocycles. The number of benzene rings is 2. The van der Waals surface area contributed by atoms with E-state index < -0.39 is 12.0 Å². The average Bonchev–Trinajstić information content (AvgIpc) is 2.67. The van der Waals surface area contributed by atoms with Crippen molar-refractivity contribution in [3.63, 3.8) is 0 Å². The number of carbonyl (C=O) groups excluding carboxylic acids is 1. The van der Waals surface area contributed by atoms with E-state index >= 15 is 0 Å². The van der Waals surface area contributed by atoms with Gasteiger partial charge in [0.2, 0.25) is 5.91 Å². The lowest BCUT2D eigenvalue weighted by molar-refractivity contribution is -0.120. The molecule has 2 unspecified atom stereocenters. The number of nitrogens with one attached hydrogen (secondary N) is 1. The van der Waals surface area contributed by atoms with E-state index in [1.165, 1.54) is 12.1 Å². The smallest absolute Gasteiger partial charge is 0.229 e. The molecule has 0 aromatic heterocycles. The van der Waals surface area contributed by atoms with Gasteiger partial charge in [-0.3, -0.25) is 4.79 Å². The van der Waals surface area contributed by atoms with E-state index in [4.69, 9.17) is 10.5 Å². The van der Waals surface area contributed by atoms with Gasteiger partial charge in [0.1, 0.15) is 5.82 Å². The Morgan fingerprint density at radius 3 is 2.58 bits per heavy atom. The number of nitrogens with two attached hydrogens (primary N) is 1. The van der Waals surface area contributed by atoms with Crippen LogP contribution in [0.4, 0.5) is 15.8 Å². The van der Waals surface area contributed by atoms with Gasteiger partial charge in [-0.1, -0.05) is 37.3 Å². The van der Waals surface area contributed by atoms with Crippen LogP contribution in [-0.4, -0.2) is 32.2 Å². The lowest BCUT2D eigenvalue weighted by Crippen LogP contribution is -2.36. The molecule has 1 fully saturated rings. The number of nitrogens with zero attached hydrogens (tertiary/aromatic N) is 1. The quantitative estimate of drug-likeness (QED) is 0.863. The van der Waals surface area contributed by atoms with Crippen LogP contribution in [0, 0.1) is 11.7 Å². The van der Waals surface area contributed by atoms with Crippen molar-refractivity contribution in [2.45, 2.75) is 13.0 Å². The summed E-state index contributed by atoms with van der Waals surface area (Å²) in [6.45, 7) is 4.40. The van der Waals surface area contributed by atoms with E-state index in [0.29, 0.717) is 32.0 Å². The second-order valence-electron chi connectivity index (χ2n) is 6.51. The third-order valence-corrected chi connectivity index (χ3v) is 4.66. The molecule has 6 heteroatoms. The fourth-order valence-corrected chi connectivity index (χ4v) is 3.03. The molecule has 2 atom stereocenters. The van der Waals surface area contributed by atoms with Gasteiger partial charge in [0.15, 0.2) is 0 Å². The van der Waals surface area contributed by atoms with Gasteiger partial charge in [-0.25, -0.2) is 4.39 Å². The van der Waals surface area contributed by atoms with E-state index in [1.807, 2.05) is 35.2 Å². The maximum atomic E-state index is 14.0. The van der Waals surface area contributed by atoms with Crippen LogP contribution in [0.15, 0.2) is 48.5 Å². The molecule has 0 bridgehead atoms. The van der Waals surface area contributed by atoms with Crippen LogP contribution >= 0.6 is 0 Å². The Kier molecular flexibility index (Phi) is 5.85. The van der Waals surface area contributed by atoms with E-state index in [9.17, 15) is 9.18 Å². The second kappa shape index (κ2) is 8.29. The van der Waals surface area contributed by atoms with Crippen LogP contribution in [0.25, 0.3) is 0 Å². The molecular weight excluding hydrogens is 333 g/mol. The van der Waals surface area contributed by atoms with Crippen LogP contribution in [0.5, 0.6) is 0 Å². The molecule has 1 amide bonds. The summed E-state index contributed by atoms with van der Waals surface area (Å²) in [6.07, 6.45) is 0. The number of hydrogen-bond donors (Lipinski definition) is 2. The molecule has 0 radical (unpaired) electrons. The Balaban J connectivity index is 1.71. The zero-order chi connectivity index (χ0) is 18.5. The lowest BCUT2D eigenvalue weighted by Gasteiger charge is -2.29. The molecule has 5 nitrogen and oxygen atoms in total. The maximum Gasteiger partial charge on any atom is 0.229 e. The topological polar surface area (TPSA) is 67.6 Å². The van der Waals surface area contributed by atoms with Crippen molar-refractivity contribution in [3.05, 3.63) is 59.9 Å². The number of halogens is 1. The van der Waals surface area contributed by atoms with Gasteiger partial charge >= 0.3 is 0 Å². The summed E-state index contributed by atoms with van der Waals surface area (Å²) in [7, 11) is 0. The summed E-state index contributed by atoms with van der Waals surface area (Å²) < 4.78 is 19.4. The highest BCUT2D eigenvalue weighted by atomic mass is 19.1. The molecule has 0 spiro atoms. The van der Waals surface area contributed by atoms with Crippen LogP contribution in [0.3, 0.4) is 0 Å². The highest BCUT2D eigenvalue weighted by molar-refractivity contribution is 5.93. The average molecular weight is 357 g/mol. The molecule has 0 saturated carbocycles. The first kappa shape index (κ1) is 18.4. The van der Waals surface area contributed by atoms with Crippen molar-refractivity contribution in [1.82, 2.24) is 0 Å². The molecule has 2 aromatic rings. The van der Waals surface area contributed by atoms with Gasteiger partial charge in [0, 0.05) is 30.5 Å². The van der Waals surface area contributed by atoms with Crippen LogP contribution in [0.2, 0.25) is 0 Å². The van der Waals surface area contributed by atoms with Crippen molar-refractivity contribution < 1.29 is 13.9 Å². The fraction of sp³-hybridized carbons (Fsp3) is 0.350. The largest absolute Gasteiger partial charge is 0.378 e. The molecule has 3 N–H and O–H groups in total. The predicted octanol–water partition coefficient (Wildman–Crippen LogP) is 2.94. The van der Waals surface area contributed by atoms with Gasteiger partial charge in [0.05, 0.1) is 19.1 Å². The number of ether oxygens (including phenoxy) is 1. The SMILES string of the molecule is CC(C(=O)Nc1cc(F)cc(N2CCOCC2)c1)C(N)c1ccccc1. The zero-order valence-electron chi connectivity index (χ0n) is 14.8. The summed E-state index contributed by atoms with van der Waals surface area (Å²) in [4.78, 5) is 14.6. The first-order chi connectivity index (χ1) is 12.5. The number of amides is 1. The molecule has 138 valence electrons. The van der Waals surface area contributed by atoms with Gasteiger partial charge in [-0.2, -0.15) is 0 Å². The number of carbonyl (C=O) groups is 1. The number of hydrogen-bond acceptors (Lipinski definition) is 4. The van der Waals surface area contributed by atoms with E-state index in [1.54, 1.807) is 13.0 Å².